The van der Waals surface area contributed by atoms with Crippen LogP contribution in [0.15, 0.2) is 42.5 Å². The molecule has 0 saturated heterocycles. The van der Waals surface area contributed by atoms with E-state index in [-0.39, 0.29) is 12.5 Å². The maximum Gasteiger partial charge on any atom is 0.260 e. The molecule has 2 heterocycles. The fraction of sp³-hybridized carbons (Fsp3) is 0.211. The van der Waals surface area contributed by atoms with Gasteiger partial charge in [0.25, 0.3) is 5.91 Å². The number of amides is 1. The van der Waals surface area contributed by atoms with Gasteiger partial charge >= 0.3 is 0 Å². The Balaban J connectivity index is 1.78. The van der Waals surface area contributed by atoms with Crippen molar-refractivity contribution >= 4 is 22.9 Å². The van der Waals surface area contributed by atoms with Crippen molar-refractivity contribution in [2.75, 3.05) is 11.9 Å². The van der Waals surface area contributed by atoms with Crippen LogP contribution in [0.25, 0.3) is 11.3 Å². The number of aliphatic hydroxyl groups is 1. The van der Waals surface area contributed by atoms with Gasteiger partial charge in [0.1, 0.15) is 12.4 Å². The van der Waals surface area contributed by atoms with E-state index in [2.05, 4.69) is 11.4 Å². The van der Waals surface area contributed by atoms with Gasteiger partial charge in [-0.25, -0.2) is 0 Å². The third-order valence-electron chi connectivity index (χ3n) is 4.31. The molecule has 2 N–H and O–H groups in total. The number of carbonyl (C=O) groups is 1. The molecule has 2 aromatic carbocycles. The zero-order valence-electron chi connectivity index (χ0n) is 12.6. The minimum absolute atomic E-state index is 0.113. The second-order valence-corrected chi connectivity index (χ2v) is 5.81. The molecule has 0 radical (unpaired) electrons. The van der Waals surface area contributed by atoms with E-state index in [0.717, 1.165) is 35.2 Å². The van der Waals surface area contributed by atoms with Crippen molar-refractivity contribution in [3.05, 3.63) is 64.7 Å². The Labute approximate surface area is 134 Å². The first-order chi connectivity index (χ1) is 11.3. The van der Waals surface area contributed by atoms with Crippen molar-refractivity contribution in [2.45, 2.75) is 19.4 Å². The summed E-state index contributed by atoms with van der Waals surface area (Å²) in [5, 5.41) is 11.8. The summed E-state index contributed by atoms with van der Waals surface area (Å²) in [6.07, 6.45) is 1.60. The number of carbonyl (C=O) groups excluding carboxylic acids is 1. The standard InChI is InChI=1S/C19H17NO3/c21-9-3-4-12-7-8-14-13(10-12)11-23-18(14)17-15-5-1-2-6-16(15)20-19(17)22/h1-2,5-8,10,21H,3-4,9,11H2,(H,20,22)/b18-17+. The minimum atomic E-state index is -0.113. The van der Waals surface area contributed by atoms with Crippen molar-refractivity contribution in [3.8, 4) is 0 Å². The van der Waals surface area contributed by atoms with Crippen LogP contribution in [0.1, 0.15) is 28.7 Å². The molecule has 4 rings (SSSR count). The van der Waals surface area contributed by atoms with Gasteiger partial charge in [-0.15, -0.1) is 0 Å². The van der Waals surface area contributed by atoms with Gasteiger partial charge in [0.2, 0.25) is 0 Å². The second kappa shape index (κ2) is 5.56. The number of anilines is 1. The number of aryl methyl sites for hydroxylation is 1. The Morgan fingerprint density at radius 1 is 1.13 bits per heavy atom. The van der Waals surface area contributed by atoms with Crippen LogP contribution in [0.3, 0.4) is 0 Å². The molecule has 2 aliphatic rings. The minimum Gasteiger partial charge on any atom is -0.487 e. The van der Waals surface area contributed by atoms with Crippen molar-refractivity contribution in [3.63, 3.8) is 0 Å². The molecule has 0 aliphatic carbocycles. The number of fused-ring (bicyclic) bond motifs is 2. The van der Waals surface area contributed by atoms with E-state index in [9.17, 15) is 4.79 Å². The summed E-state index contributed by atoms with van der Waals surface area (Å²) in [6, 6.07) is 13.8. The van der Waals surface area contributed by atoms with Crippen molar-refractivity contribution in [1.82, 2.24) is 0 Å². The highest BCUT2D eigenvalue weighted by Crippen LogP contribution is 2.41. The average Bonchev–Trinajstić information content (AvgIpc) is 3.12. The molecule has 2 aromatic rings. The zero-order chi connectivity index (χ0) is 15.8. The predicted molar refractivity (Wildman–Crippen MR) is 88.5 cm³/mol. The van der Waals surface area contributed by atoms with Crippen molar-refractivity contribution < 1.29 is 14.6 Å². The highest BCUT2D eigenvalue weighted by molar-refractivity contribution is 6.36. The van der Waals surface area contributed by atoms with Crippen LogP contribution in [0.5, 0.6) is 0 Å². The van der Waals surface area contributed by atoms with E-state index in [0.29, 0.717) is 17.9 Å². The average molecular weight is 307 g/mol. The Bertz CT molecular complexity index is 823. The summed E-state index contributed by atoms with van der Waals surface area (Å²) in [7, 11) is 0. The number of nitrogens with one attached hydrogen (secondary N) is 1. The molecule has 0 fully saturated rings. The molecule has 0 unspecified atom stereocenters. The lowest BCUT2D eigenvalue weighted by Crippen LogP contribution is -2.05. The summed E-state index contributed by atoms with van der Waals surface area (Å²) in [5.41, 5.74) is 5.60. The van der Waals surface area contributed by atoms with Crippen molar-refractivity contribution in [1.29, 1.82) is 0 Å². The largest absolute Gasteiger partial charge is 0.487 e. The molecule has 0 atom stereocenters. The molecule has 0 bridgehead atoms. The Hall–Kier alpha value is -2.59. The summed E-state index contributed by atoms with van der Waals surface area (Å²) < 4.78 is 5.86. The summed E-state index contributed by atoms with van der Waals surface area (Å²) in [6.45, 7) is 0.677. The summed E-state index contributed by atoms with van der Waals surface area (Å²) >= 11 is 0. The highest BCUT2D eigenvalue weighted by atomic mass is 16.5. The van der Waals surface area contributed by atoms with E-state index in [1.165, 1.54) is 5.56 Å². The van der Waals surface area contributed by atoms with Crippen molar-refractivity contribution in [2.24, 2.45) is 0 Å². The smallest absolute Gasteiger partial charge is 0.260 e. The molecule has 0 saturated carbocycles. The third-order valence-corrected chi connectivity index (χ3v) is 4.31. The fourth-order valence-electron chi connectivity index (χ4n) is 3.20. The lowest BCUT2D eigenvalue weighted by Gasteiger charge is -2.05. The number of hydrogen-bond donors (Lipinski definition) is 2. The van der Waals surface area contributed by atoms with Crippen LogP contribution in [-0.2, 0) is 22.6 Å². The van der Waals surface area contributed by atoms with Gasteiger partial charge in [-0.3, -0.25) is 4.79 Å². The molecule has 0 spiro atoms. The summed E-state index contributed by atoms with van der Waals surface area (Å²) in [4.78, 5) is 12.4. The van der Waals surface area contributed by atoms with Gasteiger partial charge in [0, 0.05) is 29.0 Å². The second-order valence-electron chi connectivity index (χ2n) is 5.81. The summed E-state index contributed by atoms with van der Waals surface area (Å²) in [5.74, 6) is 0.551. The molecule has 23 heavy (non-hydrogen) atoms. The van der Waals surface area contributed by atoms with Crippen LogP contribution in [-0.4, -0.2) is 17.6 Å². The molecular weight excluding hydrogens is 290 g/mol. The number of aliphatic hydroxyl groups excluding tert-OH is 1. The normalized spacial score (nSPS) is 18.4. The lowest BCUT2D eigenvalue weighted by atomic mass is 9.98. The molecule has 116 valence electrons. The number of hydrogen-bond acceptors (Lipinski definition) is 3. The van der Waals surface area contributed by atoms with Crippen LogP contribution in [0.4, 0.5) is 5.69 Å². The maximum atomic E-state index is 12.4. The van der Waals surface area contributed by atoms with E-state index in [1.54, 1.807) is 0 Å². The van der Waals surface area contributed by atoms with Gasteiger partial charge in [-0.2, -0.15) is 0 Å². The van der Waals surface area contributed by atoms with E-state index in [1.807, 2.05) is 36.4 Å². The highest BCUT2D eigenvalue weighted by Gasteiger charge is 2.32. The number of para-hydroxylation sites is 1. The zero-order valence-corrected chi connectivity index (χ0v) is 12.6. The van der Waals surface area contributed by atoms with Gasteiger partial charge < -0.3 is 15.2 Å². The Kier molecular flexibility index (Phi) is 3.39. The first-order valence-corrected chi connectivity index (χ1v) is 7.79. The number of rotatable bonds is 3. The van der Waals surface area contributed by atoms with Gasteiger partial charge in [0.15, 0.2) is 0 Å². The van der Waals surface area contributed by atoms with E-state index < -0.39 is 0 Å². The fourth-order valence-corrected chi connectivity index (χ4v) is 3.20. The molecule has 0 aromatic heterocycles. The van der Waals surface area contributed by atoms with Crippen LogP contribution >= 0.6 is 0 Å². The van der Waals surface area contributed by atoms with Crippen LogP contribution in [0, 0.1) is 0 Å². The first kappa shape index (κ1) is 14.0. The SMILES string of the molecule is O=C1Nc2ccccc2/C1=C1\OCc2cc(CCCO)ccc21. The number of ether oxygens (including phenoxy) is 1. The predicted octanol–water partition coefficient (Wildman–Crippen LogP) is 2.96. The van der Waals surface area contributed by atoms with Crippen LogP contribution < -0.4 is 5.32 Å². The van der Waals surface area contributed by atoms with E-state index in [4.69, 9.17) is 9.84 Å². The molecular formula is C19H17NO3. The quantitative estimate of drug-likeness (QED) is 0.857. The Morgan fingerprint density at radius 3 is 2.87 bits per heavy atom. The molecule has 1 amide bonds. The topological polar surface area (TPSA) is 58.6 Å². The molecule has 4 heteroatoms. The number of benzene rings is 2. The third kappa shape index (κ3) is 2.32. The maximum absolute atomic E-state index is 12.4. The lowest BCUT2D eigenvalue weighted by molar-refractivity contribution is -0.110. The van der Waals surface area contributed by atoms with Crippen LogP contribution in [0.2, 0.25) is 0 Å². The first-order valence-electron chi connectivity index (χ1n) is 7.79. The monoisotopic (exact) mass is 307 g/mol. The van der Waals surface area contributed by atoms with Gasteiger partial charge in [-0.1, -0.05) is 36.4 Å². The Morgan fingerprint density at radius 2 is 2.00 bits per heavy atom. The van der Waals surface area contributed by atoms with Gasteiger partial charge in [-0.05, 0) is 24.5 Å². The molecule has 2 aliphatic heterocycles. The van der Waals surface area contributed by atoms with Gasteiger partial charge in [0.05, 0.1) is 5.57 Å². The van der Waals surface area contributed by atoms with E-state index >= 15 is 0 Å². The molecule has 4 nitrogen and oxygen atoms in total.